The molecule has 1 heterocycles. The highest BCUT2D eigenvalue weighted by Gasteiger charge is 2.18. The van der Waals surface area contributed by atoms with Gasteiger partial charge >= 0.3 is 0 Å². The van der Waals surface area contributed by atoms with Gasteiger partial charge in [0, 0.05) is 6.20 Å². The minimum Gasteiger partial charge on any atom is -0.262 e. The van der Waals surface area contributed by atoms with Gasteiger partial charge in [-0.25, -0.2) is 0 Å². The van der Waals surface area contributed by atoms with Crippen molar-refractivity contribution < 1.29 is 0 Å². The van der Waals surface area contributed by atoms with Crippen LogP contribution in [0.1, 0.15) is 38.1 Å². The van der Waals surface area contributed by atoms with Gasteiger partial charge in [0.2, 0.25) is 0 Å². The van der Waals surface area contributed by atoms with E-state index in [-0.39, 0.29) is 0 Å². The van der Waals surface area contributed by atoms with E-state index in [2.05, 4.69) is 46.2 Å². The van der Waals surface area contributed by atoms with E-state index >= 15 is 0 Å². The molecule has 17 heavy (non-hydrogen) atoms. The summed E-state index contributed by atoms with van der Waals surface area (Å²) in [6, 6.07) is 13.3. The largest absolute Gasteiger partial charge is 0.262 e. The second-order valence-electron chi connectivity index (χ2n) is 4.82. The molecule has 2 nitrogen and oxygen atoms in total. The van der Waals surface area contributed by atoms with Crippen LogP contribution in [0.3, 0.4) is 0 Å². The Labute approximate surface area is 102 Å². The summed E-state index contributed by atoms with van der Waals surface area (Å²) in [5.41, 5.74) is 2.54. The van der Waals surface area contributed by atoms with E-state index in [0.29, 0.717) is 6.04 Å². The molecule has 0 atom stereocenters. The maximum absolute atomic E-state index is 4.53. The number of nitrogens with zero attached hydrogens (tertiary/aromatic N) is 2. The fraction of sp³-hybridized carbons (Fsp3) is 0.400. The van der Waals surface area contributed by atoms with Crippen molar-refractivity contribution in [2.45, 2.75) is 38.1 Å². The third-order valence-corrected chi connectivity index (χ3v) is 3.66. The van der Waals surface area contributed by atoms with Crippen molar-refractivity contribution in [2.24, 2.45) is 0 Å². The van der Waals surface area contributed by atoms with Gasteiger partial charge < -0.3 is 0 Å². The normalized spacial score (nSPS) is 17.2. The molecule has 1 saturated carbocycles. The van der Waals surface area contributed by atoms with Crippen LogP contribution in [-0.2, 0) is 0 Å². The van der Waals surface area contributed by atoms with Gasteiger partial charge in [-0.3, -0.25) is 4.68 Å². The SMILES string of the molecule is c1ccc(-c2ccnn2C2CCCCC2)cc1. The zero-order valence-electron chi connectivity index (χ0n) is 10.0. The molecule has 0 bridgehead atoms. The topological polar surface area (TPSA) is 17.8 Å². The second kappa shape index (κ2) is 4.74. The summed E-state index contributed by atoms with van der Waals surface area (Å²) in [6.07, 6.45) is 8.57. The van der Waals surface area contributed by atoms with Crippen molar-refractivity contribution >= 4 is 0 Å². The maximum atomic E-state index is 4.53. The molecule has 88 valence electrons. The fourth-order valence-corrected chi connectivity index (χ4v) is 2.77. The molecule has 2 heteroatoms. The zero-order chi connectivity index (χ0) is 11.5. The maximum Gasteiger partial charge on any atom is 0.0685 e. The molecule has 0 saturated heterocycles. The molecule has 0 unspecified atom stereocenters. The Bertz CT molecular complexity index is 467. The van der Waals surface area contributed by atoms with E-state index in [1.54, 1.807) is 0 Å². The Hall–Kier alpha value is -1.57. The summed E-state index contributed by atoms with van der Waals surface area (Å²) < 4.78 is 2.23. The van der Waals surface area contributed by atoms with Crippen LogP contribution in [0.5, 0.6) is 0 Å². The van der Waals surface area contributed by atoms with Crippen molar-refractivity contribution in [3.8, 4) is 11.3 Å². The predicted molar refractivity (Wildman–Crippen MR) is 69.8 cm³/mol. The van der Waals surface area contributed by atoms with Crippen LogP contribution in [0.25, 0.3) is 11.3 Å². The lowest BCUT2D eigenvalue weighted by atomic mass is 9.95. The van der Waals surface area contributed by atoms with Crippen LogP contribution in [0, 0.1) is 0 Å². The summed E-state index contributed by atoms with van der Waals surface area (Å²) in [5, 5.41) is 4.53. The van der Waals surface area contributed by atoms with Crippen LogP contribution >= 0.6 is 0 Å². The first-order chi connectivity index (χ1) is 8.45. The summed E-state index contributed by atoms with van der Waals surface area (Å²) in [6.45, 7) is 0. The quantitative estimate of drug-likeness (QED) is 0.755. The van der Waals surface area contributed by atoms with Crippen LogP contribution in [-0.4, -0.2) is 9.78 Å². The van der Waals surface area contributed by atoms with Gasteiger partial charge in [-0.15, -0.1) is 0 Å². The van der Waals surface area contributed by atoms with Gasteiger partial charge in [0.15, 0.2) is 0 Å². The van der Waals surface area contributed by atoms with Gasteiger partial charge in [-0.1, -0.05) is 49.6 Å². The van der Waals surface area contributed by atoms with Crippen molar-refractivity contribution in [1.82, 2.24) is 9.78 Å². The Morgan fingerprint density at radius 2 is 1.71 bits per heavy atom. The van der Waals surface area contributed by atoms with E-state index in [4.69, 9.17) is 0 Å². The van der Waals surface area contributed by atoms with E-state index in [1.807, 2.05) is 6.20 Å². The fourth-order valence-electron chi connectivity index (χ4n) is 2.77. The van der Waals surface area contributed by atoms with Crippen molar-refractivity contribution in [3.63, 3.8) is 0 Å². The first kappa shape index (κ1) is 10.6. The van der Waals surface area contributed by atoms with Gasteiger partial charge in [0.25, 0.3) is 0 Å². The predicted octanol–water partition coefficient (Wildman–Crippen LogP) is 4.06. The first-order valence-corrected chi connectivity index (χ1v) is 6.54. The summed E-state index contributed by atoms with van der Waals surface area (Å²) in [7, 11) is 0. The Morgan fingerprint density at radius 1 is 0.941 bits per heavy atom. The monoisotopic (exact) mass is 226 g/mol. The van der Waals surface area contributed by atoms with Crippen LogP contribution in [0.15, 0.2) is 42.6 Å². The molecular weight excluding hydrogens is 208 g/mol. The van der Waals surface area contributed by atoms with Crippen molar-refractivity contribution in [3.05, 3.63) is 42.6 Å². The second-order valence-corrected chi connectivity index (χ2v) is 4.82. The number of aromatic nitrogens is 2. The van der Waals surface area contributed by atoms with E-state index in [1.165, 1.54) is 43.4 Å². The average molecular weight is 226 g/mol. The van der Waals surface area contributed by atoms with Crippen LogP contribution in [0.2, 0.25) is 0 Å². The summed E-state index contributed by atoms with van der Waals surface area (Å²) >= 11 is 0. The van der Waals surface area contributed by atoms with Crippen molar-refractivity contribution in [1.29, 1.82) is 0 Å². The average Bonchev–Trinajstić information content (AvgIpc) is 2.90. The number of hydrogen-bond donors (Lipinski definition) is 0. The Kier molecular flexibility index (Phi) is 2.95. The molecule has 0 aliphatic heterocycles. The van der Waals surface area contributed by atoms with Gasteiger partial charge in [0.05, 0.1) is 11.7 Å². The molecule has 0 spiro atoms. The third-order valence-electron chi connectivity index (χ3n) is 3.66. The molecule has 0 N–H and O–H groups in total. The minimum atomic E-state index is 0.606. The van der Waals surface area contributed by atoms with Crippen LogP contribution in [0.4, 0.5) is 0 Å². The molecule has 0 radical (unpaired) electrons. The molecule has 1 aliphatic carbocycles. The van der Waals surface area contributed by atoms with E-state index in [0.717, 1.165) is 0 Å². The number of rotatable bonds is 2. The smallest absolute Gasteiger partial charge is 0.0685 e. The highest BCUT2D eigenvalue weighted by atomic mass is 15.3. The number of benzene rings is 1. The molecule has 0 amide bonds. The summed E-state index contributed by atoms with van der Waals surface area (Å²) in [4.78, 5) is 0. The van der Waals surface area contributed by atoms with Crippen LogP contribution < -0.4 is 0 Å². The third kappa shape index (κ3) is 2.12. The molecular formula is C15H18N2. The molecule has 1 aromatic carbocycles. The van der Waals surface area contributed by atoms with E-state index < -0.39 is 0 Å². The zero-order valence-corrected chi connectivity index (χ0v) is 10.0. The Morgan fingerprint density at radius 3 is 2.47 bits per heavy atom. The van der Waals surface area contributed by atoms with E-state index in [9.17, 15) is 0 Å². The summed E-state index contributed by atoms with van der Waals surface area (Å²) in [5.74, 6) is 0. The molecule has 1 aliphatic rings. The van der Waals surface area contributed by atoms with Crippen molar-refractivity contribution in [2.75, 3.05) is 0 Å². The Balaban J connectivity index is 1.93. The van der Waals surface area contributed by atoms with Gasteiger partial charge in [-0.2, -0.15) is 5.10 Å². The number of hydrogen-bond acceptors (Lipinski definition) is 1. The lowest BCUT2D eigenvalue weighted by Crippen LogP contribution is -2.14. The first-order valence-electron chi connectivity index (χ1n) is 6.54. The molecule has 1 fully saturated rings. The van der Waals surface area contributed by atoms with Gasteiger partial charge in [-0.05, 0) is 24.5 Å². The van der Waals surface area contributed by atoms with Gasteiger partial charge in [0.1, 0.15) is 0 Å². The minimum absolute atomic E-state index is 0.606. The molecule has 3 rings (SSSR count). The molecule has 2 aromatic rings. The lowest BCUT2D eigenvalue weighted by molar-refractivity contribution is 0.332. The standard InChI is InChI=1S/C15H18N2/c1-3-7-13(8-4-1)15-11-12-16-17(15)14-9-5-2-6-10-14/h1,3-4,7-8,11-12,14H,2,5-6,9-10H2. The lowest BCUT2D eigenvalue weighted by Gasteiger charge is -2.24. The highest BCUT2D eigenvalue weighted by Crippen LogP contribution is 2.31. The molecule has 1 aromatic heterocycles. The highest BCUT2D eigenvalue weighted by molar-refractivity contribution is 5.59.